The van der Waals surface area contributed by atoms with Gasteiger partial charge in [0.25, 0.3) is 0 Å². The number of nitrogens with one attached hydrogen (secondary N) is 8. The zero-order chi connectivity index (χ0) is 64.6. The fourth-order valence-corrected chi connectivity index (χ4v) is 15.4. The first kappa shape index (κ1) is 73.3. The molecule has 0 unspecified atom stereocenters. The van der Waals surface area contributed by atoms with Crippen LogP contribution in [0, 0.1) is 5.92 Å². The van der Waals surface area contributed by atoms with E-state index >= 15 is 0 Å². The van der Waals surface area contributed by atoms with Gasteiger partial charge in [-0.3, -0.25) is 0 Å². The summed E-state index contributed by atoms with van der Waals surface area (Å²) in [6, 6.07) is -1.26. The molecule has 0 aromatic heterocycles. The van der Waals surface area contributed by atoms with E-state index in [1.54, 1.807) is 39.0 Å². The fourth-order valence-electron chi connectivity index (χ4n) is 10.5. The Labute approximate surface area is 523 Å². The van der Waals surface area contributed by atoms with Crippen molar-refractivity contribution in [3.8, 4) is 0 Å². The van der Waals surface area contributed by atoms with Crippen molar-refractivity contribution in [1.29, 1.82) is 0 Å². The number of carbonyl (C=O) groups is 4. The van der Waals surface area contributed by atoms with E-state index in [2.05, 4.69) is 170 Å². The van der Waals surface area contributed by atoms with E-state index in [1.807, 2.05) is 6.92 Å². The lowest BCUT2D eigenvalue weighted by Gasteiger charge is -2.25. The van der Waals surface area contributed by atoms with Crippen LogP contribution in [0.25, 0.3) is 0 Å². The molecule has 4 saturated heterocycles. The Bertz CT molecular complexity index is 2700. The number of urea groups is 4. The topological polar surface area (TPSA) is 301 Å². The molecule has 0 aliphatic carbocycles. The predicted octanol–water partition coefficient (Wildman–Crippen LogP) is 5.17. The van der Waals surface area contributed by atoms with E-state index in [1.165, 1.54) is 0 Å². The number of hydrogen-bond donors (Lipinski definition) is 12. The smallest absolute Gasteiger partial charge is 0.323 e. The highest BCUT2D eigenvalue weighted by atomic mass is 127. The van der Waals surface area contributed by atoms with Gasteiger partial charge in [0.15, 0.2) is 0 Å². The highest BCUT2D eigenvalue weighted by Gasteiger charge is 2.49. The molecule has 0 bridgehead atoms. The van der Waals surface area contributed by atoms with Gasteiger partial charge in [-0.05, 0) is 104 Å². The van der Waals surface area contributed by atoms with Gasteiger partial charge in [-0.25, -0.2) is 19.2 Å². The van der Waals surface area contributed by atoms with Gasteiger partial charge in [0, 0.05) is 90.0 Å². The summed E-state index contributed by atoms with van der Waals surface area (Å²) in [6.45, 7) is 30.1. The van der Waals surface area contributed by atoms with Crippen LogP contribution in [0.3, 0.4) is 0 Å². The Balaban J connectivity index is 0.000000209. The van der Waals surface area contributed by atoms with Gasteiger partial charge in [-0.15, -0.1) is 52.7 Å². The molecule has 8 heterocycles. The van der Waals surface area contributed by atoms with Crippen molar-refractivity contribution in [3.63, 3.8) is 0 Å². The Morgan fingerprint density at radius 1 is 0.442 bits per heavy atom. The predicted molar refractivity (Wildman–Crippen MR) is 364 cm³/mol. The molecule has 8 rings (SSSR count). The first-order chi connectivity index (χ1) is 39.8. The summed E-state index contributed by atoms with van der Waals surface area (Å²) in [5.74, 6) is -0.0407. The van der Waals surface area contributed by atoms with Crippen LogP contribution in [0.4, 0.5) is 19.2 Å². The standard InChI is InChI=1S/2C15H25N2O4P.C15H25N2O3P.C14H22IN2O3P/c2*1-9-10(8-16-15(19)17-9)13-14(20-2)12(18)11(21-13)6-7-22(3,4)5;1-9-13(18)12(6-7-21(3,4)5)20-14(9)11-8-16-15(19)17-10(11)2;1-8-9(7-16-14(19)17-8)13-11(15)12(18)10(20-13)5-6-21(2,3)4/h2*8,11-14,18H,1,3,6-7H2,2,4-5H3,(H2,16,17,19);8-9,12-14,18H,2-3,6-7H2,1,4-5H3,(H2,16,17,19);7,10-13,18H,1-2,5-6H2,3-4H3,(H2,16,17,19)/t2*11-,12-,13+,14-;9-,12-,13+,14-;10-,11-,12-,13+/m1111/s1. The van der Waals surface area contributed by atoms with Crippen molar-refractivity contribution in [2.45, 2.75) is 122 Å². The van der Waals surface area contributed by atoms with E-state index in [-0.39, 0.29) is 70.6 Å². The van der Waals surface area contributed by atoms with Gasteiger partial charge in [0.05, 0.1) is 46.7 Å². The molecule has 12 N–H and O–H groups in total. The third-order valence-corrected chi connectivity index (χ3v) is 22.7. The second kappa shape index (κ2) is 31.0. The van der Waals surface area contributed by atoms with Crippen molar-refractivity contribution < 1.29 is 68.0 Å². The number of amides is 8. The number of methoxy groups -OCH3 is 2. The third kappa shape index (κ3) is 20.8. The van der Waals surface area contributed by atoms with E-state index in [4.69, 9.17) is 28.4 Å². The molecule has 22 nitrogen and oxygen atoms in total. The number of ether oxygens (including phenoxy) is 6. The Hall–Kier alpha value is -3.47. The minimum atomic E-state index is -1.18. The summed E-state index contributed by atoms with van der Waals surface area (Å²) in [4.78, 5) is 45.0. The van der Waals surface area contributed by atoms with Gasteiger partial charge in [-0.2, -0.15) is 0 Å². The maximum Gasteiger partial charge on any atom is 0.323 e. The normalized spacial score (nSPS) is 32.9. The van der Waals surface area contributed by atoms with Gasteiger partial charge in [0.2, 0.25) is 0 Å². The third-order valence-electron chi connectivity index (χ3n) is 15.4. The summed E-state index contributed by atoms with van der Waals surface area (Å²) in [5, 5.41) is 62.5. The lowest BCUT2D eigenvalue weighted by molar-refractivity contribution is 0.000132. The number of carbonyl (C=O) groups excluding carboxylic acids is 4. The molecule has 0 aromatic carbocycles. The second-order valence-corrected chi connectivity index (χ2v) is 44.3. The van der Waals surface area contributed by atoms with Gasteiger partial charge in [0.1, 0.15) is 42.7 Å². The molecule has 0 radical (unpaired) electrons. The lowest BCUT2D eigenvalue weighted by Crippen LogP contribution is -2.42. The second-order valence-electron chi connectivity index (χ2n) is 25.5. The van der Waals surface area contributed by atoms with Crippen molar-refractivity contribution >= 4 is 99.5 Å². The van der Waals surface area contributed by atoms with Crippen molar-refractivity contribution in [3.05, 3.63) is 96.2 Å². The summed E-state index contributed by atoms with van der Waals surface area (Å²) < 4.78 is 34.9. The van der Waals surface area contributed by atoms with E-state index in [0.29, 0.717) is 33.9 Å². The summed E-state index contributed by atoms with van der Waals surface area (Å²) >= 11 is 2.21. The van der Waals surface area contributed by atoms with Crippen LogP contribution in [0.15, 0.2) is 96.2 Å². The monoisotopic (exact) mass is 1390 g/mol. The molecule has 27 heteroatoms. The molecule has 86 heavy (non-hydrogen) atoms. The van der Waals surface area contributed by atoms with Crippen molar-refractivity contribution in [2.24, 2.45) is 5.92 Å². The molecule has 8 amide bonds. The Kier molecular flexibility index (Phi) is 26.4. The highest BCUT2D eigenvalue weighted by molar-refractivity contribution is 14.1. The maximum atomic E-state index is 11.3. The SMILES string of the molecule is C=C1NC(=O)NC=C1[C@@H]1O[C@H](CCP(=C)(C)C)[C@@H](O)[C@H]1C.C=C1NC(=O)NC=C1[C@@H]1O[C@H](CCP(=C)(C)C)[C@@H](O)[C@H]1I.C=C1NC(=O)NC=C1[C@@H]1O[C@H](CCP(=C)(C)C)[C@@H](O)[C@H]1OC.C=C1NC(=O)NC=C1[C@@H]1O[C@H](CCP(=C)(C)C)[C@@H](O)[C@H]1OC. The number of halogens is 1. The van der Waals surface area contributed by atoms with Crippen LogP contribution < -0.4 is 42.5 Å². The molecule has 8 aliphatic rings. The molecule has 8 aliphatic heterocycles. The number of alkyl halides is 1. The van der Waals surface area contributed by atoms with Crippen molar-refractivity contribution in [1.82, 2.24) is 42.5 Å². The molecule has 484 valence electrons. The molecule has 0 aromatic rings. The highest BCUT2D eigenvalue weighted by Crippen LogP contribution is 2.44. The Morgan fingerprint density at radius 3 is 0.965 bits per heavy atom. The fraction of sp³-hybridized carbons (Fsp3) is 0.593. The molecular weight excluding hydrogens is 1300 g/mol. The molecule has 0 spiro atoms. The van der Waals surface area contributed by atoms with Crippen LogP contribution in [-0.2, 0) is 28.4 Å². The van der Waals surface area contributed by atoms with Crippen LogP contribution in [0.5, 0.6) is 0 Å². The molecule has 16 atom stereocenters. The summed E-state index contributed by atoms with van der Waals surface area (Å²) in [7, 11) is 3.09. The number of aliphatic hydroxyl groups is 4. The van der Waals surface area contributed by atoms with Crippen LogP contribution in [0.1, 0.15) is 32.6 Å². The van der Waals surface area contributed by atoms with Gasteiger partial charge < -0.3 is 91.4 Å². The van der Waals surface area contributed by atoms with Crippen LogP contribution in [0.2, 0.25) is 0 Å². The van der Waals surface area contributed by atoms with E-state index in [0.717, 1.165) is 61.5 Å². The van der Waals surface area contributed by atoms with Crippen molar-refractivity contribution in [2.75, 3.05) is 92.2 Å². The summed E-state index contributed by atoms with van der Waals surface area (Å²) in [6.07, 6.45) is 24.2. The van der Waals surface area contributed by atoms with Crippen LogP contribution >= 0.6 is 50.1 Å². The largest absolute Gasteiger partial charge is 0.390 e. The Morgan fingerprint density at radius 2 is 0.686 bits per heavy atom. The minimum Gasteiger partial charge on any atom is -0.390 e. The number of aliphatic hydroxyl groups excluding tert-OH is 4. The zero-order valence-corrected chi connectivity index (χ0v) is 57.6. The quantitative estimate of drug-likeness (QED) is 0.0479. The minimum absolute atomic E-state index is 0.0407. The van der Waals surface area contributed by atoms with E-state index in [9.17, 15) is 39.6 Å². The maximum absolute atomic E-state index is 11.3. The molecule has 0 saturated carbocycles. The molecule has 4 fully saturated rings. The van der Waals surface area contributed by atoms with Crippen LogP contribution in [-0.4, -0.2) is 251 Å². The average Bonchev–Trinajstić information content (AvgIpc) is 2.26. The first-order valence-electron chi connectivity index (χ1n) is 28.4. The summed E-state index contributed by atoms with van der Waals surface area (Å²) in [5.41, 5.74) is 4.97. The first-order valence-corrected chi connectivity index (χ1v) is 41.9. The average molecular weight is 1390 g/mol. The number of rotatable bonds is 18. The lowest BCUT2D eigenvalue weighted by atomic mass is 9.92. The molecular formula is C59H97IN8O14P4. The number of hydrogen-bond acceptors (Lipinski definition) is 14. The van der Waals surface area contributed by atoms with E-state index < -0.39 is 76.4 Å². The van der Waals surface area contributed by atoms with Gasteiger partial charge >= 0.3 is 24.1 Å². The zero-order valence-electron chi connectivity index (χ0n) is 51.9. The van der Waals surface area contributed by atoms with Gasteiger partial charge in [-0.1, -0.05) is 55.8 Å².